The lowest BCUT2D eigenvalue weighted by molar-refractivity contribution is -0.127. The summed E-state index contributed by atoms with van der Waals surface area (Å²) in [4.78, 5) is 39.0. The van der Waals surface area contributed by atoms with Crippen molar-refractivity contribution in [3.8, 4) is 0 Å². The number of benzene rings is 1. The number of fused-ring (bicyclic) bond motifs is 1. The summed E-state index contributed by atoms with van der Waals surface area (Å²) < 4.78 is 20.1. The van der Waals surface area contributed by atoms with Gasteiger partial charge in [0.25, 0.3) is 0 Å². The molecule has 3 aliphatic heterocycles. The average molecular weight is 566 g/mol. The van der Waals surface area contributed by atoms with Crippen molar-refractivity contribution < 1.29 is 18.7 Å². The van der Waals surface area contributed by atoms with Crippen LogP contribution in [-0.4, -0.2) is 80.5 Å². The highest BCUT2D eigenvalue weighted by atomic mass is 19.1. The molecule has 4 heterocycles. The van der Waals surface area contributed by atoms with Crippen LogP contribution in [0, 0.1) is 5.82 Å². The molecule has 220 valence electrons. The maximum absolute atomic E-state index is 14.6. The van der Waals surface area contributed by atoms with Gasteiger partial charge in [-0.25, -0.2) is 14.2 Å². The van der Waals surface area contributed by atoms with E-state index in [4.69, 9.17) is 4.74 Å². The summed E-state index contributed by atoms with van der Waals surface area (Å²) in [5.41, 5.74) is 2.86. The summed E-state index contributed by atoms with van der Waals surface area (Å²) in [6.45, 7) is 13.5. The topological polar surface area (TPSA) is 103 Å². The number of nitrogens with zero attached hydrogens (tertiary/aromatic N) is 5. The van der Waals surface area contributed by atoms with Crippen LogP contribution in [0.1, 0.15) is 57.6 Å². The average Bonchev–Trinajstić information content (AvgIpc) is 3.37. The normalized spacial score (nSPS) is 20.0. The number of carbonyl (C=O) groups is 2. The van der Waals surface area contributed by atoms with E-state index in [9.17, 15) is 14.0 Å². The van der Waals surface area contributed by atoms with Crippen molar-refractivity contribution in [2.24, 2.45) is 0 Å². The minimum absolute atomic E-state index is 0.105. The Balaban J connectivity index is 1.17. The fourth-order valence-electron chi connectivity index (χ4n) is 5.77. The van der Waals surface area contributed by atoms with E-state index in [1.165, 1.54) is 17.2 Å². The summed E-state index contributed by atoms with van der Waals surface area (Å²) in [6, 6.07) is 6.51. The first-order chi connectivity index (χ1) is 19.6. The minimum Gasteiger partial charge on any atom is -0.444 e. The van der Waals surface area contributed by atoms with E-state index in [0.29, 0.717) is 38.2 Å². The molecule has 2 aromatic rings. The predicted octanol–water partition coefficient (Wildman–Crippen LogP) is 4.66. The zero-order chi connectivity index (χ0) is 29.1. The van der Waals surface area contributed by atoms with Crippen LogP contribution in [0.5, 0.6) is 0 Å². The van der Waals surface area contributed by atoms with Gasteiger partial charge in [0.05, 0.1) is 6.20 Å². The standard InChI is InChI=1S/C30H40FN7O3/c1-5-26(39)37-12-6-7-23(19-37)33-27-25(31)16-32-28(35-27)34-22-9-8-20-17-38(18-21(20)15-22)24-10-13-36(14-11-24)29(40)41-30(2,3)4/h5,8-9,15-16,23-24H,1,6-7,10-14,17-19H2,2-4H3,(H2,32,33,34,35). The van der Waals surface area contributed by atoms with Crippen LogP contribution >= 0.6 is 0 Å². The molecule has 41 heavy (non-hydrogen) atoms. The van der Waals surface area contributed by atoms with Crippen LogP contribution in [-0.2, 0) is 22.6 Å². The Bertz CT molecular complexity index is 1290. The van der Waals surface area contributed by atoms with Crippen LogP contribution < -0.4 is 10.6 Å². The van der Waals surface area contributed by atoms with E-state index < -0.39 is 11.4 Å². The number of nitrogens with one attached hydrogen (secondary N) is 2. The molecule has 0 bridgehead atoms. The molecule has 5 rings (SSSR count). The monoisotopic (exact) mass is 565 g/mol. The van der Waals surface area contributed by atoms with E-state index in [2.05, 4.69) is 44.2 Å². The fraction of sp³-hybridized carbons (Fsp3) is 0.533. The van der Waals surface area contributed by atoms with Crippen LogP contribution in [0.25, 0.3) is 0 Å². The number of aromatic nitrogens is 2. The Labute approximate surface area is 241 Å². The van der Waals surface area contributed by atoms with E-state index in [1.807, 2.05) is 31.7 Å². The first kappa shape index (κ1) is 28.8. The molecule has 1 atom stereocenters. The summed E-state index contributed by atoms with van der Waals surface area (Å²) in [5.74, 6) is -0.244. The molecule has 0 saturated carbocycles. The molecular formula is C30H40FN7O3. The third kappa shape index (κ3) is 7.13. The smallest absolute Gasteiger partial charge is 0.410 e. The third-order valence-corrected chi connectivity index (χ3v) is 7.83. The van der Waals surface area contributed by atoms with E-state index >= 15 is 0 Å². The molecular weight excluding hydrogens is 525 g/mol. The second kappa shape index (κ2) is 12.0. The molecule has 2 N–H and O–H groups in total. The molecule has 0 aliphatic carbocycles. The highest BCUT2D eigenvalue weighted by Crippen LogP contribution is 2.31. The Morgan fingerprint density at radius 1 is 1.10 bits per heavy atom. The first-order valence-corrected chi connectivity index (χ1v) is 14.4. The molecule has 2 saturated heterocycles. The molecule has 11 heteroatoms. The first-order valence-electron chi connectivity index (χ1n) is 14.4. The van der Waals surface area contributed by atoms with E-state index in [0.717, 1.165) is 50.7 Å². The molecule has 10 nitrogen and oxygen atoms in total. The minimum atomic E-state index is -0.537. The number of ether oxygens (including phenoxy) is 1. The fourth-order valence-corrected chi connectivity index (χ4v) is 5.77. The zero-order valence-electron chi connectivity index (χ0n) is 24.2. The number of anilines is 3. The van der Waals surface area contributed by atoms with Crippen LogP contribution in [0.15, 0.2) is 37.1 Å². The summed E-state index contributed by atoms with van der Waals surface area (Å²) in [7, 11) is 0. The Morgan fingerprint density at radius 2 is 1.85 bits per heavy atom. The van der Waals surface area contributed by atoms with Crippen molar-refractivity contribution >= 4 is 29.5 Å². The zero-order valence-corrected chi connectivity index (χ0v) is 24.2. The second-order valence-electron chi connectivity index (χ2n) is 12.1. The van der Waals surface area contributed by atoms with Gasteiger partial charge in [0.2, 0.25) is 11.9 Å². The molecule has 3 aliphatic rings. The summed E-state index contributed by atoms with van der Waals surface area (Å²) in [5, 5.41) is 6.38. The van der Waals surface area contributed by atoms with Crippen LogP contribution in [0.3, 0.4) is 0 Å². The number of piperidine rings is 2. The molecule has 0 radical (unpaired) electrons. The van der Waals surface area contributed by atoms with Gasteiger partial charge in [0.15, 0.2) is 11.6 Å². The van der Waals surface area contributed by atoms with E-state index in [1.54, 1.807) is 4.90 Å². The maximum Gasteiger partial charge on any atom is 0.410 e. The van der Waals surface area contributed by atoms with Crippen LogP contribution in [0.2, 0.25) is 0 Å². The van der Waals surface area contributed by atoms with Crippen molar-refractivity contribution in [1.82, 2.24) is 24.7 Å². The lowest BCUT2D eigenvalue weighted by Gasteiger charge is -2.37. The SMILES string of the molecule is C=CC(=O)N1CCCC(Nc2nc(Nc3ccc4c(c3)CN(C3CCN(C(=O)OC(C)(C)C)CC3)C4)ncc2F)C1. The van der Waals surface area contributed by atoms with Gasteiger partial charge in [-0.3, -0.25) is 9.69 Å². The van der Waals surface area contributed by atoms with Gasteiger partial charge in [0, 0.05) is 57.0 Å². The quantitative estimate of drug-likeness (QED) is 0.488. The molecule has 2 fully saturated rings. The third-order valence-electron chi connectivity index (χ3n) is 7.83. The lowest BCUT2D eigenvalue weighted by atomic mass is 10.0. The Morgan fingerprint density at radius 3 is 2.59 bits per heavy atom. The lowest BCUT2D eigenvalue weighted by Crippen LogP contribution is -2.46. The predicted molar refractivity (Wildman–Crippen MR) is 155 cm³/mol. The van der Waals surface area contributed by atoms with Gasteiger partial charge in [-0.2, -0.15) is 4.98 Å². The number of hydrogen-bond donors (Lipinski definition) is 2. The van der Waals surface area contributed by atoms with E-state index in [-0.39, 0.29) is 23.9 Å². The van der Waals surface area contributed by atoms with Crippen molar-refractivity contribution in [2.45, 2.75) is 77.2 Å². The summed E-state index contributed by atoms with van der Waals surface area (Å²) >= 11 is 0. The Hall–Kier alpha value is -3.73. The van der Waals surface area contributed by atoms with Gasteiger partial charge in [-0.15, -0.1) is 0 Å². The number of rotatable bonds is 6. The van der Waals surface area contributed by atoms with Crippen LogP contribution in [0.4, 0.5) is 26.6 Å². The largest absolute Gasteiger partial charge is 0.444 e. The van der Waals surface area contributed by atoms with Crippen molar-refractivity contribution in [3.05, 3.63) is 54.0 Å². The molecule has 2 amide bonds. The van der Waals surface area contributed by atoms with Gasteiger partial charge in [-0.1, -0.05) is 12.6 Å². The molecule has 0 spiro atoms. The highest BCUT2D eigenvalue weighted by Gasteiger charge is 2.32. The van der Waals surface area contributed by atoms with Crippen molar-refractivity contribution in [3.63, 3.8) is 0 Å². The van der Waals surface area contributed by atoms with Crippen molar-refractivity contribution in [2.75, 3.05) is 36.8 Å². The number of carbonyl (C=O) groups excluding carboxylic acids is 2. The van der Waals surface area contributed by atoms with Gasteiger partial charge in [0.1, 0.15) is 5.60 Å². The highest BCUT2D eigenvalue weighted by molar-refractivity contribution is 5.87. The van der Waals surface area contributed by atoms with Gasteiger partial charge in [-0.05, 0) is 75.8 Å². The van der Waals surface area contributed by atoms with Gasteiger partial charge < -0.3 is 25.2 Å². The number of hydrogen-bond acceptors (Lipinski definition) is 8. The maximum atomic E-state index is 14.6. The number of halogens is 1. The molecule has 1 unspecified atom stereocenters. The second-order valence-corrected chi connectivity index (χ2v) is 12.1. The van der Waals surface area contributed by atoms with Gasteiger partial charge >= 0.3 is 6.09 Å². The van der Waals surface area contributed by atoms with Crippen molar-refractivity contribution in [1.29, 1.82) is 0 Å². The molecule has 1 aromatic heterocycles. The Kier molecular flexibility index (Phi) is 8.44. The molecule has 1 aromatic carbocycles. The number of likely N-dealkylation sites (tertiary alicyclic amines) is 2. The summed E-state index contributed by atoms with van der Waals surface area (Å²) in [6.07, 6.45) is 5.70. The number of amides is 2.